The zero-order valence-electron chi connectivity index (χ0n) is 13.4. The Morgan fingerprint density at radius 2 is 1.77 bits per heavy atom. The van der Waals surface area contributed by atoms with E-state index in [9.17, 15) is 4.79 Å². The SMILES string of the molecule is CCC(=O)N1CC(C)(CCc2ccccc2)c2ccccc21. The molecule has 2 heteroatoms. The Labute approximate surface area is 132 Å². The number of para-hydroxylation sites is 1. The van der Waals surface area contributed by atoms with Gasteiger partial charge in [0.05, 0.1) is 0 Å². The van der Waals surface area contributed by atoms with Crippen molar-refractivity contribution in [3.8, 4) is 0 Å². The van der Waals surface area contributed by atoms with Crippen molar-refractivity contribution >= 4 is 11.6 Å². The second-order valence-electron chi connectivity index (χ2n) is 6.40. The highest BCUT2D eigenvalue weighted by Gasteiger charge is 2.40. The highest BCUT2D eigenvalue weighted by molar-refractivity contribution is 5.96. The normalized spacial score (nSPS) is 20.0. The van der Waals surface area contributed by atoms with E-state index in [4.69, 9.17) is 0 Å². The van der Waals surface area contributed by atoms with Crippen LogP contribution in [0.4, 0.5) is 5.69 Å². The summed E-state index contributed by atoms with van der Waals surface area (Å²) in [5.41, 5.74) is 3.82. The molecule has 114 valence electrons. The molecule has 3 rings (SSSR count). The van der Waals surface area contributed by atoms with Crippen molar-refractivity contribution in [3.63, 3.8) is 0 Å². The van der Waals surface area contributed by atoms with E-state index in [-0.39, 0.29) is 11.3 Å². The van der Waals surface area contributed by atoms with E-state index >= 15 is 0 Å². The molecule has 0 aromatic heterocycles. The summed E-state index contributed by atoms with van der Waals surface area (Å²) in [6.45, 7) is 5.02. The smallest absolute Gasteiger partial charge is 0.226 e. The van der Waals surface area contributed by atoms with Crippen LogP contribution in [0.15, 0.2) is 54.6 Å². The summed E-state index contributed by atoms with van der Waals surface area (Å²) in [4.78, 5) is 14.2. The lowest BCUT2D eigenvalue weighted by atomic mass is 9.79. The molecule has 0 spiro atoms. The Morgan fingerprint density at radius 1 is 1.09 bits per heavy atom. The van der Waals surface area contributed by atoms with Gasteiger partial charge in [-0.3, -0.25) is 4.79 Å². The Bertz CT molecular complexity index is 664. The Balaban J connectivity index is 1.86. The van der Waals surface area contributed by atoms with Gasteiger partial charge in [0.2, 0.25) is 5.91 Å². The van der Waals surface area contributed by atoms with Gasteiger partial charge in [0.25, 0.3) is 0 Å². The van der Waals surface area contributed by atoms with Crippen molar-refractivity contribution < 1.29 is 4.79 Å². The summed E-state index contributed by atoms with van der Waals surface area (Å²) < 4.78 is 0. The summed E-state index contributed by atoms with van der Waals surface area (Å²) in [6, 6.07) is 19.0. The summed E-state index contributed by atoms with van der Waals surface area (Å²) in [5.74, 6) is 0.218. The topological polar surface area (TPSA) is 20.3 Å². The summed E-state index contributed by atoms with van der Waals surface area (Å²) in [7, 11) is 0. The van der Waals surface area contributed by atoms with Gasteiger partial charge < -0.3 is 4.90 Å². The monoisotopic (exact) mass is 293 g/mol. The lowest BCUT2D eigenvalue weighted by molar-refractivity contribution is -0.118. The molecule has 1 atom stereocenters. The van der Waals surface area contributed by atoms with Crippen LogP contribution in [0.3, 0.4) is 0 Å². The van der Waals surface area contributed by atoms with E-state index in [2.05, 4.69) is 55.5 Å². The molecule has 0 fully saturated rings. The van der Waals surface area contributed by atoms with E-state index in [1.807, 2.05) is 17.9 Å². The van der Waals surface area contributed by atoms with E-state index in [0.717, 1.165) is 25.1 Å². The highest BCUT2D eigenvalue weighted by atomic mass is 16.2. The molecule has 2 aromatic carbocycles. The number of hydrogen-bond donors (Lipinski definition) is 0. The van der Waals surface area contributed by atoms with Crippen LogP contribution in [0.25, 0.3) is 0 Å². The number of fused-ring (bicyclic) bond motifs is 1. The van der Waals surface area contributed by atoms with Crippen molar-refractivity contribution in [1.82, 2.24) is 0 Å². The number of hydrogen-bond acceptors (Lipinski definition) is 1. The minimum absolute atomic E-state index is 0.0390. The van der Waals surface area contributed by atoms with Gasteiger partial charge in [0.15, 0.2) is 0 Å². The first-order valence-corrected chi connectivity index (χ1v) is 8.08. The molecule has 1 aliphatic rings. The molecule has 1 heterocycles. The molecule has 22 heavy (non-hydrogen) atoms. The highest BCUT2D eigenvalue weighted by Crippen LogP contribution is 2.43. The van der Waals surface area contributed by atoms with Crippen LogP contribution < -0.4 is 4.90 Å². The second-order valence-corrected chi connectivity index (χ2v) is 6.40. The number of aryl methyl sites for hydroxylation is 1. The van der Waals surface area contributed by atoms with Crippen molar-refractivity contribution in [3.05, 3.63) is 65.7 Å². The molecular weight excluding hydrogens is 270 g/mol. The van der Waals surface area contributed by atoms with Crippen LogP contribution in [0.1, 0.15) is 37.8 Å². The van der Waals surface area contributed by atoms with Gasteiger partial charge in [-0.15, -0.1) is 0 Å². The van der Waals surface area contributed by atoms with E-state index < -0.39 is 0 Å². The maximum Gasteiger partial charge on any atom is 0.226 e. The van der Waals surface area contributed by atoms with Crippen LogP contribution >= 0.6 is 0 Å². The largest absolute Gasteiger partial charge is 0.311 e. The van der Waals surface area contributed by atoms with Crippen molar-refractivity contribution in [2.75, 3.05) is 11.4 Å². The minimum Gasteiger partial charge on any atom is -0.311 e. The molecule has 0 saturated heterocycles. The van der Waals surface area contributed by atoms with Crippen molar-refractivity contribution in [2.45, 2.75) is 38.5 Å². The van der Waals surface area contributed by atoms with Gasteiger partial charge in [-0.1, -0.05) is 62.4 Å². The maximum atomic E-state index is 12.3. The van der Waals surface area contributed by atoms with Gasteiger partial charge in [-0.05, 0) is 30.0 Å². The molecule has 0 aliphatic carbocycles. The number of nitrogens with zero attached hydrogens (tertiary/aromatic N) is 1. The van der Waals surface area contributed by atoms with Gasteiger partial charge in [-0.2, -0.15) is 0 Å². The lowest BCUT2D eigenvalue weighted by Crippen LogP contribution is -2.35. The Morgan fingerprint density at radius 3 is 2.50 bits per heavy atom. The zero-order valence-corrected chi connectivity index (χ0v) is 13.4. The van der Waals surface area contributed by atoms with Gasteiger partial charge in [0.1, 0.15) is 0 Å². The summed E-state index contributed by atoms with van der Waals surface area (Å²) >= 11 is 0. The number of amides is 1. The van der Waals surface area contributed by atoms with Crippen LogP contribution in [-0.2, 0) is 16.6 Å². The zero-order chi connectivity index (χ0) is 15.6. The second kappa shape index (κ2) is 5.96. The minimum atomic E-state index is 0.0390. The maximum absolute atomic E-state index is 12.3. The van der Waals surface area contributed by atoms with Gasteiger partial charge in [0, 0.05) is 24.1 Å². The fourth-order valence-electron chi connectivity index (χ4n) is 3.43. The molecule has 0 saturated carbocycles. The average Bonchev–Trinajstić information content (AvgIpc) is 2.87. The third-order valence-corrected chi connectivity index (χ3v) is 4.76. The third kappa shape index (κ3) is 2.66. The van der Waals surface area contributed by atoms with Crippen LogP contribution in [0.2, 0.25) is 0 Å². The number of rotatable bonds is 4. The lowest BCUT2D eigenvalue weighted by Gasteiger charge is -2.26. The molecule has 2 nitrogen and oxygen atoms in total. The summed E-state index contributed by atoms with van der Waals surface area (Å²) in [6.07, 6.45) is 2.66. The standard InChI is InChI=1S/C20H23NO/c1-3-19(22)21-15-20(2,17-11-7-8-12-18(17)21)14-13-16-9-5-4-6-10-16/h4-12H,3,13-15H2,1-2H3. The fraction of sp³-hybridized carbons (Fsp3) is 0.350. The third-order valence-electron chi connectivity index (χ3n) is 4.76. The summed E-state index contributed by atoms with van der Waals surface area (Å²) in [5, 5.41) is 0. The first-order chi connectivity index (χ1) is 10.6. The molecular formula is C20H23NO. The molecule has 1 amide bonds. The van der Waals surface area contributed by atoms with Crippen LogP contribution in [-0.4, -0.2) is 12.5 Å². The number of benzene rings is 2. The van der Waals surface area contributed by atoms with E-state index in [1.165, 1.54) is 11.1 Å². The van der Waals surface area contributed by atoms with Crippen LogP contribution in [0, 0.1) is 0 Å². The van der Waals surface area contributed by atoms with E-state index in [1.54, 1.807) is 0 Å². The van der Waals surface area contributed by atoms with Gasteiger partial charge >= 0.3 is 0 Å². The van der Waals surface area contributed by atoms with Crippen LogP contribution in [0.5, 0.6) is 0 Å². The molecule has 0 radical (unpaired) electrons. The quantitative estimate of drug-likeness (QED) is 0.821. The first kappa shape index (κ1) is 14.8. The number of anilines is 1. The number of carbonyl (C=O) groups is 1. The molecule has 1 unspecified atom stereocenters. The Hall–Kier alpha value is -2.09. The van der Waals surface area contributed by atoms with Crippen molar-refractivity contribution in [2.24, 2.45) is 0 Å². The predicted molar refractivity (Wildman–Crippen MR) is 91.2 cm³/mol. The number of carbonyl (C=O) groups excluding carboxylic acids is 1. The van der Waals surface area contributed by atoms with Gasteiger partial charge in [-0.25, -0.2) is 0 Å². The molecule has 1 aliphatic heterocycles. The molecule has 0 N–H and O–H groups in total. The molecule has 2 aromatic rings. The molecule has 0 bridgehead atoms. The predicted octanol–water partition coefficient (Wildman–Crippen LogP) is 4.33. The Kier molecular flexibility index (Phi) is 4.02. The average molecular weight is 293 g/mol. The van der Waals surface area contributed by atoms with E-state index in [0.29, 0.717) is 6.42 Å². The first-order valence-electron chi connectivity index (χ1n) is 8.08. The van der Waals surface area contributed by atoms with Crippen molar-refractivity contribution in [1.29, 1.82) is 0 Å². The fourth-order valence-corrected chi connectivity index (χ4v) is 3.43.